The maximum atomic E-state index is 5.81. The number of aromatic nitrogens is 2. The molecule has 4 heteroatoms. The van der Waals surface area contributed by atoms with Gasteiger partial charge in [0.2, 0.25) is 0 Å². The summed E-state index contributed by atoms with van der Waals surface area (Å²) in [5.74, 6) is 2.77. The van der Waals surface area contributed by atoms with E-state index in [4.69, 9.17) is 4.74 Å². The summed E-state index contributed by atoms with van der Waals surface area (Å²) in [6.07, 6.45) is 1.16. The summed E-state index contributed by atoms with van der Waals surface area (Å²) >= 11 is 1.80. The molecule has 0 unspecified atom stereocenters. The van der Waals surface area contributed by atoms with E-state index in [1.165, 1.54) is 0 Å². The van der Waals surface area contributed by atoms with Crippen molar-refractivity contribution in [2.45, 2.75) is 20.0 Å². The van der Waals surface area contributed by atoms with Crippen molar-refractivity contribution >= 4 is 27.7 Å². The molecule has 3 nitrogen and oxygen atoms in total. The molecule has 0 fully saturated rings. The first-order chi connectivity index (χ1) is 11.3. The van der Waals surface area contributed by atoms with Gasteiger partial charge in [0.15, 0.2) is 0 Å². The molecule has 0 amide bonds. The van der Waals surface area contributed by atoms with E-state index in [1.807, 2.05) is 36.4 Å². The number of nitrogens with one attached hydrogen (secondary N) is 1. The van der Waals surface area contributed by atoms with E-state index in [9.17, 15) is 0 Å². The second-order valence-electron chi connectivity index (χ2n) is 5.29. The van der Waals surface area contributed by atoms with Gasteiger partial charge >= 0.3 is 0 Å². The minimum Gasteiger partial charge on any atom is -0.486 e. The summed E-state index contributed by atoms with van der Waals surface area (Å²) in [6, 6.07) is 16.1. The predicted octanol–water partition coefficient (Wildman–Crippen LogP) is 5.50. The van der Waals surface area contributed by atoms with E-state index in [0.29, 0.717) is 6.61 Å². The highest BCUT2D eigenvalue weighted by Crippen LogP contribution is 2.27. The third-order valence-corrected chi connectivity index (χ3v) is 4.67. The van der Waals surface area contributed by atoms with E-state index < -0.39 is 0 Å². The zero-order valence-electron chi connectivity index (χ0n) is 13.2. The van der Waals surface area contributed by atoms with Crippen LogP contribution < -0.4 is 4.74 Å². The van der Waals surface area contributed by atoms with E-state index in [1.54, 1.807) is 11.8 Å². The number of aromatic amines is 1. The highest BCUT2D eigenvalue weighted by molar-refractivity contribution is 8.08. The quantitative estimate of drug-likeness (QED) is 0.623. The topological polar surface area (TPSA) is 37.9 Å². The van der Waals surface area contributed by atoms with Gasteiger partial charge in [0.25, 0.3) is 0 Å². The van der Waals surface area contributed by atoms with Crippen LogP contribution in [-0.4, -0.2) is 15.7 Å². The molecule has 23 heavy (non-hydrogen) atoms. The Labute approximate surface area is 142 Å². The Morgan fingerprint density at radius 1 is 1.22 bits per heavy atom. The van der Waals surface area contributed by atoms with Crippen molar-refractivity contribution in [3.8, 4) is 5.75 Å². The largest absolute Gasteiger partial charge is 0.486 e. The Hall–Kier alpha value is -2.20. The summed E-state index contributed by atoms with van der Waals surface area (Å²) in [7, 11) is 0. The Kier molecular flexibility index (Phi) is 5.03. The molecule has 0 aliphatic heterocycles. The van der Waals surface area contributed by atoms with Crippen molar-refractivity contribution in [3.05, 3.63) is 66.5 Å². The number of benzene rings is 2. The SMILES string of the molecule is C=C(SCCC)c1ccc(OCc2nc3ccccc3[nH]2)cc1.[HH]. The third-order valence-electron chi connectivity index (χ3n) is 3.47. The third kappa shape index (κ3) is 3.96. The smallest absolute Gasteiger partial charge is 0.146 e. The molecule has 0 radical (unpaired) electrons. The van der Waals surface area contributed by atoms with Crippen molar-refractivity contribution < 1.29 is 6.16 Å². The maximum absolute atomic E-state index is 5.81. The lowest BCUT2D eigenvalue weighted by atomic mass is 10.2. The molecule has 0 spiro atoms. The van der Waals surface area contributed by atoms with Crippen LogP contribution in [0.3, 0.4) is 0 Å². The van der Waals surface area contributed by atoms with E-state index in [2.05, 4.69) is 35.6 Å². The molecule has 0 saturated carbocycles. The molecule has 1 aromatic heterocycles. The molecule has 0 aliphatic rings. The second kappa shape index (κ2) is 7.38. The molecule has 3 rings (SSSR count). The van der Waals surface area contributed by atoms with Crippen molar-refractivity contribution in [1.82, 2.24) is 9.97 Å². The highest BCUT2D eigenvalue weighted by Gasteiger charge is 2.04. The number of hydrogen-bond donors (Lipinski definition) is 1. The maximum Gasteiger partial charge on any atom is 0.146 e. The van der Waals surface area contributed by atoms with Crippen molar-refractivity contribution in [2.75, 3.05) is 5.75 Å². The van der Waals surface area contributed by atoms with Gasteiger partial charge in [-0.3, -0.25) is 0 Å². The first-order valence-corrected chi connectivity index (χ1v) is 8.73. The van der Waals surface area contributed by atoms with Crippen LogP contribution in [0.5, 0.6) is 5.75 Å². The summed E-state index contributed by atoms with van der Waals surface area (Å²) in [4.78, 5) is 8.88. The molecule has 0 atom stereocenters. The van der Waals surface area contributed by atoms with E-state index >= 15 is 0 Å². The number of nitrogens with zero attached hydrogens (tertiary/aromatic N) is 1. The summed E-state index contributed by atoms with van der Waals surface area (Å²) in [5.41, 5.74) is 3.15. The molecular weight excluding hydrogens is 304 g/mol. The average Bonchev–Trinajstić information content (AvgIpc) is 3.01. The first kappa shape index (κ1) is 15.7. The molecular formula is C19H22N2OS. The number of hydrogen-bond acceptors (Lipinski definition) is 3. The lowest BCUT2D eigenvalue weighted by molar-refractivity contribution is 0.297. The van der Waals surface area contributed by atoms with Gasteiger partial charge in [0.1, 0.15) is 18.2 Å². The Bertz CT molecular complexity index is 765. The lowest BCUT2D eigenvalue weighted by Crippen LogP contribution is -1.97. The van der Waals surface area contributed by atoms with Crippen LogP contribution in [0, 0.1) is 0 Å². The summed E-state index contributed by atoms with van der Waals surface area (Å²) in [6.45, 7) is 6.72. The fourth-order valence-corrected chi connectivity index (χ4v) is 3.02. The van der Waals surface area contributed by atoms with Gasteiger partial charge in [-0.25, -0.2) is 4.98 Å². The fourth-order valence-electron chi connectivity index (χ4n) is 2.27. The summed E-state index contributed by atoms with van der Waals surface area (Å²) in [5, 5.41) is 0. The molecule has 2 aromatic carbocycles. The highest BCUT2D eigenvalue weighted by atomic mass is 32.2. The number of rotatable bonds is 7. The van der Waals surface area contributed by atoms with Crippen LogP contribution >= 0.6 is 11.8 Å². The van der Waals surface area contributed by atoms with Crippen molar-refractivity contribution in [1.29, 1.82) is 0 Å². The zero-order chi connectivity index (χ0) is 16.1. The standard InChI is InChI=1S/C19H20N2OS.H2/c1-3-12-23-14(2)15-8-10-16(11-9-15)22-13-19-20-17-6-4-5-7-18(17)21-19;/h4-11H,2-3,12-13H2,1H3,(H,20,21);1H. The normalized spacial score (nSPS) is 10.8. The number of ether oxygens (including phenoxy) is 1. The molecule has 1 N–H and O–H groups in total. The number of imidazole rings is 1. The van der Waals surface area contributed by atoms with Crippen LogP contribution in [0.1, 0.15) is 26.2 Å². The number of fused-ring (bicyclic) bond motifs is 1. The Morgan fingerprint density at radius 3 is 2.74 bits per heavy atom. The van der Waals surface area contributed by atoms with Crippen molar-refractivity contribution in [2.24, 2.45) is 0 Å². The second-order valence-corrected chi connectivity index (χ2v) is 6.48. The molecule has 1 heterocycles. The van der Waals surface area contributed by atoms with Gasteiger partial charge in [0.05, 0.1) is 11.0 Å². The van der Waals surface area contributed by atoms with Crippen LogP contribution in [0.2, 0.25) is 0 Å². The van der Waals surface area contributed by atoms with Crippen LogP contribution in [0.15, 0.2) is 55.1 Å². The monoisotopic (exact) mass is 326 g/mol. The molecule has 0 saturated heterocycles. The Balaban J connectivity index is 0.00000208. The molecule has 0 aliphatic carbocycles. The average molecular weight is 326 g/mol. The van der Waals surface area contributed by atoms with Gasteiger partial charge in [0, 0.05) is 6.33 Å². The minimum absolute atomic E-state index is 0. The molecule has 3 aromatic rings. The Morgan fingerprint density at radius 2 is 2.00 bits per heavy atom. The van der Waals surface area contributed by atoms with Crippen molar-refractivity contribution in [3.63, 3.8) is 0 Å². The van der Waals surface area contributed by atoms with Gasteiger partial charge in [-0.1, -0.05) is 37.8 Å². The van der Waals surface area contributed by atoms with E-state index in [0.717, 1.165) is 45.2 Å². The molecule has 0 bridgehead atoms. The first-order valence-electron chi connectivity index (χ1n) is 7.75. The number of thioether (sulfide) groups is 1. The fraction of sp³-hybridized carbons (Fsp3) is 0.211. The number of para-hydroxylation sites is 2. The summed E-state index contributed by atoms with van der Waals surface area (Å²) < 4.78 is 5.81. The van der Waals surface area contributed by atoms with Gasteiger partial charge in [-0.2, -0.15) is 0 Å². The van der Waals surface area contributed by atoms with Crippen LogP contribution in [-0.2, 0) is 6.61 Å². The zero-order valence-corrected chi connectivity index (χ0v) is 14.0. The predicted molar refractivity (Wildman–Crippen MR) is 101 cm³/mol. The van der Waals surface area contributed by atoms with E-state index in [-0.39, 0.29) is 1.43 Å². The van der Waals surface area contributed by atoms with Gasteiger partial charge in [-0.15, -0.1) is 11.8 Å². The van der Waals surface area contributed by atoms with Crippen LogP contribution in [0.4, 0.5) is 0 Å². The lowest BCUT2D eigenvalue weighted by Gasteiger charge is -2.07. The molecule has 120 valence electrons. The number of H-pyrrole nitrogens is 1. The van der Waals surface area contributed by atoms with Crippen LogP contribution in [0.25, 0.3) is 15.9 Å². The van der Waals surface area contributed by atoms with Gasteiger partial charge in [-0.05, 0) is 42.0 Å². The minimum atomic E-state index is 0. The van der Waals surface area contributed by atoms with Gasteiger partial charge < -0.3 is 9.72 Å².